The number of rotatable bonds is 8. The molecule has 0 amide bonds. The number of benzene rings is 1. The van der Waals surface area contributed by atoms with Crippen LogP contribution in [0.2, 0.25) is 0 Å². The van der Waals surface area contributed by atoms with Crippen LogP contribution in [0.25, 0.3) is 6.08 Å². The van der Waals surface area contributed by atoms with Gasteiger partial charge in [-0.15, -0.1) is 0 Å². The lowest BCUT2D eigenvalue weighted by Crippen LogP contribution is -2.48. The molecular weight excluding hydrogens is 383 g/mol. The Morgan fingerprint density at radius 1 is 1.34 bits per heavy atom. The summed E-state index contributed by atoms with van der Waals surface area (Å²) in [5, 5.41) is 12.6. The van der Waals surface area contributed by atoms with E-state index in [1.165, 1.54) is 5.57 Å². The van der Waals surface area contributed by atoms with E-state index in [1.807, 2.05) is 12.1 Å². The van der Waals surface area contributed by atoms with Gasteiger partial charge in [-0.1, -0.05) is 19.1 Å². The van der Waals surface area contributed by atoms with Crippen LogP contribution >= 0.6 is 0 Å². The predicted molar refractivity (Wildman–Crippen MR) is 105 cm³/mol. The first kappa shape index (κ1) is 21.7. The molecule has 4 nitrogen and oxygen atoms in total. The summed E-state index contributed by atoms with van der Waals surface area (Å²) >= 11 is 0. The Morgan fingerprint density at radius 2 is 2.07 bits per heavy atom. The number of carboxylic acid groups (broad SMARTS) is 1. The Hall–Kier alpha value is -2.02. The fourth-order valence-corrected chi connectivity index (χ4v) is 4.18. The summed E-state index contributed by atoms with van der Waals surface area (Å²) in [4.78, 5) is 11.0. The molecule has 1 unspecified atom stereocenters. The third-order valence-electron chi connectivity index (χ3n) is 5.88. The molecule has 0 bridgehead atoms. The zero-order valence-electron chi connectivity index (χ0n) is 16.8. The molecule has 0 aliphatic heterocycles. The van der Waals surface area contributed by atoms with Crippen molar-refractivity contribution in [2.45, 2.75) is 64.2 Å². The van der Waals surface area contributed by atoms with Crippen LogP contribution in [0.15, 0.2) is 23.8 Å². The molecule has 2 aliphatic carbocycles. The van der Waals surface area contributed by atoms with Crippen LogP contribution in [0.5, 0.6) is 5.75 Å². The lowest BCUT2D eigenvalue weighted by molar-refractivity contribution is -0.145. The van der Waals surface area contributed by atoms with E-state index in [2.05, 4.69) is 25.2 Å². The van der Waals surface area contributed by atoms with Crippen molar-refractivity contribution in [3.8, 4) is 5.75 Å². The summed E-state index contributed by atoms with van der Waals surface area (Å²) in [6.45, 7) is 4.32. The molecule has 0 aromatic heterocycles. The second-order valence-electron chi connectivity index (χ2n) is 8.27. The summed E-state index contributed by atoms with van der Waals surface area (Å²) in [7, 11) is 0. The van der Waals surface area contributed by atoms with E-state index < -0.39 is 18.6 Å². The minimum absolute atomic E-state index is 0.0475. The maximum atomic E-state index is 12.2. The zero-order valence-corrected chi connectivity index (χ0v) is 16.8. The molecule has 29 heavy (non-hydrogen) atoms. The lowest BCUT2D eigenvalue weighted by Gasteiger charge is -2.37. The monoisotopic (exact) mass is 411 g/mol. The number of aliphatic carboxylic acids is 1. The molecule has 1 fully saturated rings. The molecule has 2 aliphatic rings. The van der Waals surface area contributed by atoms with E-state index >= 15 is 0 Å². The number of carboxylic acids is 1. The smallest absolute Gasteiger partial charge is 0.389 e. The quantitative estimate of drug-likeness (QED) is 0.602. The average Bonchev–Trinajstić information content (AvgIpc) is 2.59. The first-order chi connectivity index (χ1) is 13.6. The van der Waals surface area contributed by atoms with Crippen molar-refractivity contribution < 1.29 is 27.8 Å². The minimum atomic E-state index is -4.14. The Kier molecular flexibility index (Phi) is 6.56. The van der Waals surface area contributed by atoms with Gasteiger partial charge >= 0.3 is 12.1 Å². The highest BCUT2D eigenvalue weighted by molar-refractivity contribution is 5.71. The molecule has 0 radical (unpaired) electrons. The van der Waals surface area contributed by atoms with Crippen molar-refractivity contribution >= 4 is 12.0 Å². The van der Waals surface area contributed by atoms with Gasteiger partial charge in [0, 0.05) is 18.5 Å². The molecule has 0 saturated heterocycles. The maximum Gasteiger partial charge on any atom is 0.389 e. The molecule has 0 heterocycles. The average molecular weight is 411 g/mol. The Bertz CT molecular complexity index is 769. The van der Waals surface area contributed by atoms with E-state index in [0.717, 1.165) is 17.5 Å². The molecule has 0 spiro atoms. The van der Waals surface area contributed by atoms with E-state index in [1.54, 1.807) is 6.07 Å². The summed E-state index contributed by atoms with van der Waals surface area (Å²) in [6.07, 6.45) is -0.667. The SMILES string of the molecule is CC(NC1CC(C(=O)O)C1)C1=Cc2ccc(OCCCC(F)(F)F)cc2C[C@@H]1C. The van der Waals surface area contributed by atoms with E-state index in [9.17, 15) is 18.0 Å². The molecule has 7 heteroatoms. The van der Waals surface area contributed by atoms with Crippen molar-refractivity contribution in [2.75, 3.05) is 6.61 Å². The summed E-state index contributed by atoms with van der Waals surface area (Å²) in [5.74, 6) is -0.0183. The summed E-state index contributed by atoms with van der Waals surface area (Å²) < 4.78 is 42.2. The molecule has 1 aromatic rings. The van der Waals surface area contributed by atoms with E-state index in [-0.39, 0.29) is 31.0 Å². The first-order valence-corrected chi connectivity index (χ1v) is 10.1. The van der Waals surface area contributed by atoms with Gasteiger partial charge in [0.15, 0.2) is 0 Å². The highest BCUT2D eigenvalue weighted by atomic mass is 19.4. The van der Waals surface area contributed by atoms with Gasteiger partial charge in [-0.3, -0.25) is 4.79 Å². The number of halogens is 3. The Balaban J connectivity index is 1.57. The molecular formula is C22H28F3NO3. The van der Waals surface area contributed by atoms with Crippen molar-refractivity contribution in [1.29, 1.82) is 0 Å². The molecule has 3 rings (SSSR count). The molecule has 2 N–H and O–H groups in total. The maximum absolute atomic E-state index is 12.2. The number of hydrogen-bond donors (Lipinski definition) is 2. The highest BCUT2D eigenvalue weighted by Gasteiger charge is 2.35. The molecule has 160 valence electrons. The van der Waals surface area contributed by atoms with Gasteiger partial charge in [0.25, 0.3) is 0 Å². The van der Waals surface area contributed by atoms with Gasteiger partial charge < -0.3 is 15.2 Å². The fourth-order valence-electron chi connectivity index (χ4n) is 4.18. The Labute approximate surface area is 169 Å². The van der Waals surface area contributed by atoms with Crippen molar-refractivity contribution in [3.63, 3.8) is 0 Å². The van der Waals surface area contributed by atoms with Gasteiger partial charge in [-0.05, 0) is 67.4 Å². The van der Waals surface area contributed by atoms with Crippen molar-refractivity contribution in [1.82, 2.24) is 5.32 Å². The van der Waals surface area contributed by atoms with Crippen LogP contribution in [-0.4, -0.2) is 35.9 Å². The zero-order chi connectivity index (χ0) is 21.2. The predicted octanol–water partition coefficient (Wildman–Crippen LogP) is 4.82. The topological polar surface area (TPSA) is 58.6 Å². The number of carbonyl (C=O) groups is 1. The third-order valence-corrected chi connectivity index (χ3v) is 5.88. The standard InChI is InChI=1S/C22H28F3NO3/c1-13-8-16-11-19(29-7-3-6-22(23,24)25)5-4-15(16)12-20(13)14(2)26-18-9-17(10-18)21(27)28/h4-5,11-14,17-18,26H,3,6-10H2,1-2H3,(H,27,28)/t13-,14?,17?,18?/m0/s1. The van der Waals surface area contributed by atoms with Gasteiger partial charge in [0.05, 0.1) is 12.5 Å². The molecule has 2 atom stereocenters. The molecule has 1 saturated carbocycles. The highest BCUT2D eigenvalue weighted by Crippen LogP contribution is 2.34. The van der Waals surface area contributed by atoms with Gasteiger partial charge in [0.2, 0.25) is 0 Å². The van der Waals surface area contributed by atoms with Crippen molar-refractivity contribution in [2.24, 2.45) is 11.8 Å². The second kappa shape index (κ2) is 8.78. The minimum Gasteiger partial charge on any atom is -0.494 e. The van der Waals surface area contributed by atoms with E-state index in [0.29, 0.717) is 24.5 Å². The van der Waals surface area contributed by atoms with Gasteiger partial charge in [-0.25, -0.2) is 0 Å². The number of hydrogen-bond acceptors (Lipinski definition) is 3. The van der Waals surface area contributed by atoms with Crippen LogP contribution in [0, 0.1) is 11.8 Å². The van der Waals surface area contributed by atoms with Crippen LogP contribution < -0.4 is 10.1 Å². The fraction of sp³-hybridized carbons (Fsp3) is 0.591. The molecule has 1 aromatic carbocycles. The number of fused-ring (bicyclic) bond motifs is 1. The largest absolute Gasteiger partial charge is 0.494 e. The summed E-state index contributed by atoms with van der Waals surface area (Å²) in [6, 6.07) is 6.09. The van der Waals surface area contributed by atoms with Gasteiger partial charge in [-0.2, -0.15) is 13.2 Å². The normalized spacial score (nSPS) is 24.9. The van der Waals surface area contributed by atoms with Crippen LogP contribution in [0.4, 0.5) is 13.2 Å². The van der Waals surface area contributed by atoms with Gasteiger partial charge in [0.1, 0.15) is 5.75 Å². The number of alkyl halides is 3. The summed E-state index contributed by atoms with van der Waals surface area (Å²) in [5.41, 5.74) is 3.53. The second-order valence-corrected chi connectivity index (χ2v) is 8.27. The van der Waals surface area contributed by atoms with Crippen molar-refractivity contribution in [3.05, 3.63) is 34.9 Å². The van der Waals surface area contributed by atoms with Crippen LogP contribution in [0.1, 0.15) is 50.7 Å². The first-order valence-electron chi connectivity index (χ1n) is 10.1. The lowest BCUT2D eigenvalue weighted by atomic mass is 9.78. The Morgan fingerprint density at radius 3 is 2.72 bits per heavy atom. The van der Waals surface area contributed by atoms with Crippen LogP contribution in [-0.2, 0) is 11.2 Å². The number of ether oxygens (including phenoxy) is 1. The number of nitrogens with one attached hydrogen (secondary N) is 1. The third kappa shape index (κ3) is 5.75. The van der Waals surface area contributed by atoms with Crippen LogP contribution in [0.3, 0.4) is 0 Å². The van der Waals surface area contributed by atoms with E-state index in [4.69, 9.17) is 9.84 Å².